The number of benzene rings is 1. The van der Waals surface area contributed by atoms with Crippen molar-refractivity contribution in [2.45, 2.75) is 38.3 Å². The molecule has 0 amide bonds. The largest absolute Gasteiger partial charge is 0.439 e. The zero-order chi connectivity index (χ0) is 18.2. The van der Waals surface area contributed by atoms with Crippen molar-refractivity contribution in [3.63, 3.8) is 0 Å². The van der Waals surface area contributed by atoms with Crippen LogP contribution in [-0.2, 0) is 13.0 Å². The lowest BCUT2D eigenvalue weighted by atomic mass is 9.91. The van der Waals surface area contributed by atoms with Crippen LogP contribution in [0.1, 0.15) is 35.4 Å². The molecular weight excluding hydrogens is 340 g/mol. The summed E-state index contributed by atoms with van der Waals surface area (Å²) in [5, 5.41) is 0. The molecule has 0 unspecified atom stereocenters. The summed E-state index contributed by atoms with van der Waals surface area (Å²) in [6.07, 6.45) is 7.35. The van der Waals surface area contributed by atoms with Crippen LogP contribution in [0.5, 0.6) is 11.6 Å². The first kappa shape index (κ1) is 16.4. The van der Waals surface area contributed by atoms with Gasteiger partial charge in [0.05, 0.1) is 11.0 Å². The molecule has 3 heterocycles. The third-order valence-electron chi connectivity index (χ3n) is 5.74. The Bertz CT molecular complexity index is 976. The molecule has 0 radical (unpaired) electrons. The Balaban J connectivity index is 1.40. The lowest BCUT2D eigenvalue weighted by molar-refractivity contribution is 0.112. The third-order valence-corrected chi connectivity index (χ3v) is 5.74. The molecule has 3 aromatic rings. The first-order valence-electron chi connectivity index (χ1n) is 9.62. The van der Waals surface area contributed by atoms with Gasteiger partial charge in [0, 0.05) is 56.0 Å². The Morgan fingerprint density at radius 2 is 2.04 bits per heavy atom. The fraction of sp³-hybridized carbons (Fsp3) is 0.381. The molecule has 6 nitrogen and oxygen atoms in total. The van der Waals surface area contributed by atoms with Gasteiger partial charge in [-0.2, -0.15) is 0 Å². The maximum atomic E-state index is 10.8. The molecule has 1 aliphatic carbocycles. The molecule has 2 aliphatic rings. The van der Waals surface area contributed by atoms with E-state index in [9.17, 15) is 4.79 Å². The number of carbonyl (C=O) groups excluding carboxylic acids is 1. The van der Waals surface area contributed by atoms with Crippen LogP contribution in [0.2, 0.25) is 0 Å². The second-order valence-electron chi connectivity index (χ2n) is 7.35. The maximum Gasteiger partial charge on any atom is 0.219 e. The van der Waals surface area contributed by atoms with Crippen LogP contribution < -0.4 is 4.74 Å². The van der Waals surface area contributed by atoms with Gasteiger partial charge in [-0.15, -0.1) is 0 Å². The van der Waals surface area contributed by atoms with Gasteiger partial charge in [-0.3, -0.25) is 9.69 Å². The topological polar surface area (TPSA) is 60.2 Å². The molecule has 1 fully saturated rings. The predicted molar refractivity (Wildman–Crippen MR) is 102 cm³/mol. The molecule has 0 atom stereocenters. The van der Waals surface area contributed by atoms with E-state index in [4.69, 9.17) is 9.72 Å². The molecule has 6 heteroatoms. The standard InChI is InChI=1S/C21H22N4O2/c26-14-15-4-7-21(22-13-15)27-17-5-6-18-19(12-17)25-11-10-24(16-2-1-3-16)9-8-20(25)23-18/h4-7,12-14,16H,1-3,8-11H2. The van der Waals surface area contributed by atoms with Crippen LogP contribution in [0.3, 0.4) is 0 Å². The molecule has 27 heavy (non-hydrogen) atoms. The summed E-state index contributed by atoms with van der Waals surface area (Å²) < 4.78 is 8.22. The minimum absolute atomic E-state index is 0.478. The van der Waals surface area contributed by atoms with Gasteiger partial charge < -0.3 is 9.30 Å². The summed E-state index contributed by atoms with van der Waals surface area (Å²) >= 11 is 0. The molecule has 2 aromatic heterocycles. The van der Waals surface area contributed by atoms with E-state index in [1.807, 2.05) is 18.2 Å². The van der Waals surface area contributed by atoms with Crippen LogP contribution in [0.4, 0.5) is 0 Å². The lowest BCUT2D eigenvalue weighted by Gasteiger charge is -2.36. The number of hydrogen-bond donors (Lipinski definition) is 0. The fourth-order valence-electron chi connectivity index (χ4n) is 4.00. The molecule has 1 saturated carbocycles. The molecule has 1 aromatic carbocycles. The Kier molecular flexibility index (Phi) is 4.13. The van der Waals surface area contributed by atoms with Crippen LogP contribution in [0.25, 0.3) is 11.0 Å². The van der Waals surface area contributed by atoms with Gasteiger partial charge in [-0.05, 0) is 31.0 Å². The van der Waals surface area contributed by atoms with Crippen molar-refractivity contribution < 1.29 is 9.53 Å². The molecule has 0 N–H and O–H groups in total. The van der Waals surface area contributed by atoms with E-state index in [1.165, 1.54) is 25.5 Å². The molecular formula is C21H22N4O2. The average molecular weight is 362 g/mol. The molecule has 0 spiro atoms. The van der Waals surface area contributed by atoms with Gasteiger partial charge in [0.25, 0.3) is 0 Å². The predicted octanol–water partition coefficient (Wildman–Crippen LogP) is 3.45. The highest BCUT2D eigenvalue weighted by atomic mass is 16.5. The first-order chi connectivity index (χ1) is 13.3. The van der Waals surface area contributed by atoms with Crippen LogP contribution in [-0.4, -0.2) is 44.9 Å². The highest BCUT2D eigenvalue weighted by Crippen LogP contribution is 2.29. The van der Waals surface area contributed by atoms with E-state index >= 15 is 0 Å². The number of carbonyl (C=O) groups is 1. The molecule has 0 bridgehead atoms. The van der Waals surface area contributed by atoms with Gasteiger partial charge in [0.15, 0.2) is 6.29 Å². The number of hydrogen-bond acceptors (Lipinski definition) is 5. The van der Waals surface area contributed by atoms with Crippen molar-refractivity contribution in [2.75, 3.05) is 13.1 Å². The zero-order valence-corrected chi connectivity index (χ0v) is 15.2. The second-order valence-corrected chi connectivity index (χ2v) is 7.35. The summed E-state index contributed by atoms with van der Waals surface area (Å²) in [5.74, 6) is 2.38. The number of nitrogens with zero attached hydrogens (tertiary/aromatic N) is 4. The van der Waals surface area contributed by atoms with E-state index < -0.39 is 0 Å². The number of imidazole rings is 1. The number of pyridine rings is 1. The SMILES string of the molecule is O=Cc1ccc(Oc2ccc3nc4n(c3c2)CCN(C2CCC2)CC4)nc1. The number of ether oxygens (including phenoxy) is 1. The lowest BCUT2D eigenvalue weighted by Crippen LogP contribution is -2.41. The smallest absolute Gasteiger partial charge is 0.219 e. The van der Waals surface area contributed by atoms with Crippen molar-refractivity contribution in [1.29, 1.82) is 0 Å². The quantitative estimate of drug-likeness (QED) is 0.665. The fourth-order valence-corrected chi connectivity index (χ4v) is 4.00. The van der Waals surface area contributed by atoms with E-state index in [0.717, 1.165) is 61.0 Å². The summed E-state index contributed by atoms with van der Waals surface area (Å²) in [5.41, 5.74) is 2.66. The first-order valence-corrected chi connectivity index (χ1v) is 9.62. The maximum absolute atomic E-state index is 10.8. The average Bonchev–Trinajstić information content (AvgIpc) is 2.87. The molecule has 1 aliphatic heterocycles. The minimum atomic E-state index is 0.478. The van der Waals surface area contributed by atoms with Crippen LogP contribution in [0, 0.1) is 0 Å². The summed E-state index contributed by atoms with van der Waals surface area (Å²) in [6, 6.07) is 10.2. The van der Waals surface area contributed by atoms with Crippen molar-refractivity contribution in [3.8, 4) is 11.6 Å². The highest BCUT2D eigenvalue weighted by Gasteiger charge is 2.27. The summed E-state index contributed by atoms with van der Waals surface area (Å²) in [7, 11) is 0. The molecule has 5 rings (SSSR count). The number of aldehydes is 1. The van der Waals surface area contributed by atoms with E-state index in [-0.39, 0.29) is 0 Å². The summed E-state index contributed by atoms with van der Waals surface area (Å²) in [4.78, 5) is 22.4. The monoisotopic (exact) mass is 362 g/mol. The zero-order valence-electron chi connectivity index (χ0n) is 15.2. The Labute approximate surface area is 157 Å². The van der Waals surface area contributed by atoms with Gasteiger partial charge in [0.2, 0.25) is 5.88 Å². The highest BCUT2D eigenvalue weighted by molar-refractivity contribution is 5.78. The Morgan fingerprint density at radius 1 is 1.11 bits per heavy atom. The van der Waals surface area contributed by atoms with Gasteiger partial charge >= 0.3 is 0 Å². The van der Waals surface area contributed by atoms with Gasteiger partial charge in [-0.1, -0.05) is 6.42 Å². The van der Waals surface area contributed by atoms with Crippen molar-refractivity contribution in [1.82, 2.24) is 19.4 Å². The number of fused-ring (bicyclic) bond motifs is 3. The van der Waals surface area contributed by atoms with E-state index in [0.29, 0.717) is 11.4 Å². The minimum Gasteiger partial charge on any atom is -0.439 e. The number of aromatic nitrogens is 3. The van der Waals surface area contributed by atoms with E-state index in [1.54, 1.807) is 12.1 Å². The molecule has 138 valence electrons. The van der Waals surface area contributed by atoms with Crippen molar-refractivity contribution >= 4 is 17.3 Å². The Morgan fingerprint density at radius 3 is 2.78 bits per heavy atom. The second kappa shape index (κ2) is 6.78. The van der Waals surface area contributed by atoms with Crippen LogP contribution in [0.15, 0.2) is 36.5 Å². The van der Waals surface area contributed by atoms with E-state index in [2.05, 4.69) is 14.5 Å². The van der Waals surface area contributed by atoms with Gasteiger partial charge in [-0.25, -0.2) is 9.97 Å². The summed E-state index contributed by atoms with van der Waals surface area (Å²) in [6.45, 7) is 3.16. The normalized spacial score (nSPS) is 17.9. The van der Waals surface area contributed by atoms with Crippen molar-refractivity contribution in [2.24, 2.45) is 0 Å². The molecule has 0 saturated heterocycles. The Hall–Kier alpha value is -2.73. The number of rotatable bonds is 4. The van der Waals surface area contributed by atoms with Gasteiger partial charge in [0.1, 0.15) is 11.6 Å². The van der Waals surface area contributed by atoms with Crippen LogP contribution >= 0.6 is 0 Å². The van der Waals surface area contributed by atoms with Crippen molar-refractivity contribution in [3.05, 3.63) is 47.9 Å². The third kappa shape index (κ3) is 3.10.